The Hall–Kier alpha value is -2.57. The molecule has 28 heavy (non-hydrogen) atoms. The first kappa shape index (κ1) is 20.2. The zero-order valence-corrected chi connectivity index (χ0v) is 16.5. The van der Waals surface area contributed by atoms with E-state index in [0.29, 0.717) is 23.2 Å². The molecule has 1 aliphatic carbocycles. The fourth-order valence-corrected chi connectivity index (χ4v) is 3.99. The SMILES string of the molecule is Cc1c([C@@H](NC(=O)NC2CCCC(C(N)=O)C2)C(C)C)oc2ccc(F)cc12. The Balaban J connectivity index is 1.74. The largest absolute Gasteiger partial charge is 0.459 e. The van der Waals surface area contributed by atoms with E-state index in [1.165, 1.54) is 12.1 Å². The second kappa shape index (κ2) is 8.20. The monoisotopic (exact) mass is 389 g/mol. The minimum atomic E-state index is -0.356. The van der Waals surface area contributed by atoms with Crippen LogP contribution in [0.15, 0.2) is 22.6 Å². The Kier molecular flexibility index (Phi) is 5.91. The van der Waals surface area contributed by atoms with Crippen molar-refractivity contribution in [2.75, 3.05) is 0 Å². The minimum Gasteiger partial charge on any atom is -0.459 e. The molecule has 0 saturated heterocycles. The summed E-state index contributed by atoms with van der Waals surface area (Å²) < 4.78 is 19.5. The van der Waals surface area contributed by atoms with Crippen molar-refractivity contribution in [3.8, 4) is 0 Å². The van der Waals surface area contributed by atoms with Crippen LogP contribution in [0.3, 0.4) is 0 Å². The summed E-state index contributed by atoms with van der Waals surface area (Å²) in [5.41, 5.74) is 6.83. The molecule has 0 aliphatic heterocycles. The van der Waals surface area contributed by atoms with Crippen LogP contribution in [-0.2, 0) is 4.79 Å². The van der Waals surface area contributed by atoms with Crippen LogP contribution in [0.1, 0.15) is 56.9 Å². The van der Waals surface area contributed by atoms with Crippen molar-refractivity contribution in [3.63, 3.8) is 0 Å². The van der Waals surface area contributed by atoms with E-state index >= 15 is 0 Å². The van der Waals surface area contributed by atoms with E-state index in [0.717, 1.165) is 24.8 Å². The van der Waals surface area contributed by atoms with E-state index in [9.17, 15) is 14.0 Å². The smallest absolute Gasteiger partial charge is 0.315 e. The highest BCUT2D eigenvalue weighted by Crippen LogP contribution is 2.33. The molecule has 0 bridgehead atoms. The topological polar surface area (TPSA) is 97.4 Å². The fourth-order valence-electron chi connectivity index (χ4n) is 3.99. The van der Waals surface area contributed by atoms with Crippen molar-refractivity contribution < 1.29 is 18.4 Å². The summed E-state index contributed by atoms with van der Waals surface area (Å²) >= 11 is 0. The molecule has 3 atom stereocenters. The van der Waals surface area contributed by atoms with Crippen molar-refractivity contribution in [2.24, 2.45) is 17.6 Å². The van der Waals surface area contributed by atoms with E-state index in [1.54, 1.807) is 6.07 Å². The number of nitrogens with two attached hydrogens (primary N) is 1. The molecular weight excluding hydrogens is 361 g/mol. The number of primary amides is 1. The number of nitrogens with one attached hydrogen (secondary N) is 2. The van der Waals surface area contributed by atoms with Gasteiger partial charge in [-0.1, -0.05) is 20.3 Å². The van der Waals surface area contributed by atoms with Gasteiger partial charge >= 0.3 is 6.03 Å². The molecule has 3 amide bonds. The summed E-state index contributed by atoms with van der Waals surface area (Å²) in [6.07, 6.45) is 3.03. The van der Waals surface area contributed by atoms with E-state index in [2.05, 4.69) is 10.6 Å². The number of rotatable bonds is 5. The molecule has 152 valence electrons. The van der Waals surface area contributed by atoms with Gasteiger partial charge in [-0.25, -0.2) is 9.18 Å². The predicted octanol–water partition coefficient (Wildman–Crippen LogP) is 3.92. The molecule has 0 spiro atoms. The van der Waals surface area contributed by atoms with E-state index in [-0.39, 0.29) is 41.7 Å². The molecule has 4 N–H and O–H groups in total. The molecule has 1 aromatic heterocycles. The molecule has 3 rings (SSSR count). The van der Waals surface area contributed by atoms with Crippen molar-refractivity contribution >= 4 is 22.9 Å². The van der Waals surface area contributed by atoms with Crippen LogP contribution < -0.4 is 16.4 Å². The van der Waals surface area contributed by atoms with Gasteiger partial charge in [0, 0.05) is 22.9 Å². The maximum Gasteiger partial charge on any atom is 0.315 e. The van der Waals surface area contributed by atoms with Crippen LogP contribution in [0.2, 0.25) is 0 Å². The van der Waals surface area contributed by atoms with Crippen LogP contribution in [0.25, 0.3) is 11.0 Å². The second-order valence-electron chi connectivity index (χ2n) is 8.03. The van der Waals surface area contributed by atoms with Crippen molar-refractivity contribution in [1.82, 2.24) is 10.6 Å². The van der Waals surface area contributed by atoms with Crippen LogP contribution in [0, 0.1) is 24.6 Å². The molecule has 2 aromatic rings. The standard InChI is InChI=1S/C21H28FN3O3/c1-11(2)18(19-12(3)16-10-14(22)7-8-17(16)28-19)25-21(27)24-15-6-4-5-13(9-15)20(23)26/h7-8,10-11,13,15,18H,4-6,9H2,1-3H3,(H2,23,26)(H2,24,25,27)/t13?,15?,18-/m0/s1. The van der Waals surface area contributed by atoms with E-state index in [1.807, 2.05) is 20.8 Å². The Morgan fingerprint density at radius 2 is 2.04 bits per heavy atom. The summed E-state index contributed by atoms with van der Waals surface area (Å²) in [6.45, 7) is 5.85. The van der Waals surface area contributed by atoms with Crippen molar-refractivity contribution in [3.05, 3.63) is 35.3 Å². The van der Waals surface area contributed by atoms with Gasteiger partial charge in [-0.05, 0) is 50.3 Å². The van der Waals surface area contributed by atoms with E-state index < -0.39 is 0 Å². The molecule has 1 saturated carbocycles. The number of fused-ring (bicyclic) bond motifs is 1. The van der Waals surface area contributed by atoms with Gasteiger partial charge in [0.1, 0.15) is 17.2 Å². The van der Waals surface area contributed by atoms with Gasteiger partial charge in [0.2, 0.25) is 5.91 Å². The second-order valence-corrected chi connectivity index (χ2v) is 8.03. The molecule has 7 heteroatoms. The highest BCUT2D eigenvalue weighted by Gasteiger charge is 2.29. The summed E-state index contributed by atoms with van der Waals surface area (Å²) in [6, 6.07) is 3.67. The van der Waals surface area contributed by atoms with Crippen LogP contribution in [0.4, 0.5) is 9.18 Å². The summed E-state index contributed by atoms with van der Waals surface area (Å²) in [5.74, 6) is -0.121. The maximum absolute atomic E-state index is 13.6. The number of hydrogen-bond acceptors (Lipinski definition) is 3. The van der Waals surface area contributed by atoms with Crippen molar-refractivity contribution in [1.29, 1.82) is 0 Å². The fraction of sp³-hybridized carbons (Fsp3) is 0.524. The normalized spacial score (nSPS) is 20.9. The highest BCUT2D eigenvalue weighted by atomic mass is 19.1. The zero-order chi connectivity index (χ0) is 20.4. The Morgan fingerprint density at radius 3 is 2.71 bits per heavy atom. The van der Waals surface area contributed by atoms with Gasteiger partial charge in [0.15, 0.2) is 0 Å². The zero-order valence-electron chi connectivity index (χ0n) is 16.5. The minimum absolute atomic E-state index is 0.0691. The van der Waals surface area contributed by atoms with Gasteiger partial charge in [-0.3, -0.25) is 4.79 Å². The Morgan fingerprint density at radius 1 is 1.29 bits per heavy atom. The number of aryl methyl sites for hydroxylation is 1. The van der Waals surface area contributed by atoms with Crippen LogP contribution in [0.5, 0.6) is 0 Å². The summed E-state index contributed by atoms with van der Waals surface area (Å²) in [4.78, 5) is 24.1. The average Bonchev–Trinajstić information content (AvgIpc) is 2.95. The summed E-state index contributed by atoms with van der Waals surface area (Å²) in [7, 11) is 0. The summed E-state index contributed by atoms with van der Waals surface area (Å²) in [5, 5.41) is 6.66. The first-order valence-electron chi connectivity index (χ1n) is 9.81. The van der Waals surface area contributed by atoms with Gasteiger partial charge in [0.05, 0.1) is 6.04 Å². The predicted molar refractivity (Wildman–Crippen MR) is 105 cm³/mol. The third-order valence-corrected chi connectivity index (χ3v) is 5.58. The number of amides is 3. The van der Waals surface area contributed by atoms with Crippen LogP contribution >= 0.6 is 0 Å². The third-order valence-electron chi connectivity index (χ3n) is 5.58. The average molecular weight is 389 g/mol. The molecule has 2 unspecified atom stereocenters. The molecule has 6 nitrogen and oxygen atoms in total. The van der Waals surface area contributed by atoms with Gasteiger partial charge in [-0.15, -0.1) is 0 Å². The third kappa shape index (κ3) is 4.29. The first-order valence-corrected chi connectivity index (χ1v) is 9.81. The lowest BCUT2D eigenvalue weighted by Gasteiger charge is -2.29. The lowest BCUT2D eigenvalue weighted by atomic mass is 9.85. The molecule has 1 aromatic carbocycles. The quantitative estimate of drug-likeness (QED) is 0.723. The number of furan rings is 1. The maximum atomic E-state index is 13.6. The number of carbonyl (C=O) groups is 2. The number of urea groups is 1. The first-order chi connectivity index (χ1) is 13.3. The van der Waals surface area contributed by atoms with Gasteiger partial charge in [0.25, 0.3) is 0 Å². The van der Waals surface area contributed by atoms with Gasteiger partial charge in [-0.2, -0.15) is 0 Å². The number of hydrogen-bond donors (Lipinski definition) is 3. The number of carbonyl (C=O) groups excluding carboxylic acids is 2. The Labute approximate surface area is 164 Å². The molecular formula is C21H28FN3O3. The lowest BCUT2D eigenvalue weighted by molar-refractivity contribution is -0.122. The number of benzene rings is 1. The lowest BCUT2D eigenvalue weighted by Crippen LogP contribution is -2.47. The molecule has 0 radical (unpaired) electrons. The molecule has 1 fully saturated rings. The molecule has 1 aliphatic rings. The Bertz CT molecular complexity index is 877. The van der Waals surface area contributed by atoms with Crippen LogP contribution in [-0.4, -0.2) is 18.0 Å². The molecule has 1 heterocycles. The highest BCUT2D eigenvalue weighted by molar-refractivity contribution is 5.83. The van der Waals surface area contributed by atoms with Gasteiger partial charge < -0.3 is 20.8 Å². The number of halogens is 1. The van der Waals surface area contributed by atoms with Crippen molar-refractivity contribution in [2.45, 2.75) is 58.5 Å². The van der Waals surface area contributed by atoms with E-state index in [4.69, 9.17) is 10.2 Å².